The molecule has 18 heteroatoms. The second-order valence-corrected chi connectivity index (χ2v) is 23.0. The van der Waals surface area contributed by atoms with E-state index in [1.54, 1.807) is 50.9 Å². The number of nitrogens with one attached hydrogen (secondary N) is 1. The first kappa shape index (κ1) is 45.6. The number of aromatic nitrogens is 7. The number of aromatic amines is 1. The topological polar surface area (TPSA) is 171 Å². The van der Waals surface area contributed by atoms with E-state index in [4.69, 9.17) is 26.0 Å². The molecule has 68 heavy (non-hydrogen) atoms. The van der Waals surface area contributed by atoms with Gasteiger partial charge >= 0.3 is 11.4 Å². The Balaban J connectivity index is 1.12. The van der Waals surface area contributed by atoms with Gasteiger partial charge in [-0.3, -0.25) is 23.4 Å². The van der Waals surface area contributed by atoms with Gasteiger partial charge in [0.05, 0.1) is 40.1 Å². The lowest BCUT2D eigenvalue weighted by Gasteiger charge is -2.35. The number of anilines is 1. The van der Waals surface area contributed by atoms with Crippen molar-refractivity contribution in [2.75, 3.05) is 44.7 Å². The lowest BCUT2D eigenvalue weighted by molar-refractivity contribution is -0.0592. The summed E-state index contributed by atoms with van der Waals surface area (Å²) in [5, 5.41) is 11.0. The van der Waals surface area contributed by atoms with E-state index in [2.05, 4.69) is 58.0 Å². The number of H-pyrrole nitrogens is 1. The molecular formula is C50H57ClN10O6S. The van der Waals surface area contributed by atoms with Crippen LogP contribution in [0.2, 0.25) is 5.02 Å². The summed E-state index contributed by atoms with van der Waals surface area (Å²) >= 11 is 6.70. The minimum atomic E-state index is -2.46. The average molecular weight is 962 g/mol. The van der Waals surface area contributed by atoms with E-state index >= 15 is 4.79 Å². The van der Waals surface area contributed by atoms with E-state index in [0.717, 1.165) is 51.8 Å². The number of carbonyl (C=O) groups excluding carboxylic acids is 1. The van der Waals surface area contributed by atoms with Gasteiger partial charge in [-0.1, -0.05) is 29.7 Å². The number of benzene rings is 3. The van der Waals surface area contributed by atoms with Crippen LogP contribution in [0.3, 0.4) is 0 Å². The molecule has 3 aliphatic rings. The number of hydrogen-bond acceptors (Lipinski definition) is 10. The first-order valence-corrected chi connectivity index (χ1v) is 25.7. The van der Waals surface area contributed by atoms with Crippen molar-refractivity contribution in [1.82, 2.24) is 38.5 Å². The lowest BCUT2D eigenvalue weighted by atomic mass is 9.83. The number of carbonyl (C=O) groups is 1. The van der Waals surface area contributed by atoms with Crippen LogP contribution in [0.15, 0.2) is 85.5 Å². The van der Waals surface area contributed by atoms with Crippen molar-refractivity contribution in [2.45, 2.75) is 90.3 Å². The monoisotopic (exact) mass is 960 g/mol. The van der Waals surface area contributed by atoms with E-state index in [1.165, 1.54) is 5.56 Å². The van der Waals surface area contributed by atoms with Crippen molar-refractivity contribution in [1.29, 1.82) is 0 Å². The molecule has 2 fully saturated rings. The van der Waals surface area contributed by atoms with Crippen LogP contribution in [-0.4, -0.2) is 94.0 Å². The Hall–Kier alpha value is -6.17. The van der Waals surface area contributed by atoms with E-state index in [-0.39, 0.29) is 29.0 Å². The average Bonchev–Trinajstić information content (AvgIpc) is 3.77. The second kappa shape index (κ2) is 16.2. The molecule has 0 spiro atoms. The predicted octanol–water partition coefficient (Wildman–Crippen LogP) is 8.36. The number of halogens is 1. The molecule has 0 radical (unpaired) electrons. The van der Waals surface area contributed by atoms with Crippen LogP contribution < -0.4 is 16.3 Å². The Morgan fingerprint density at radius 1 is 0.971 bits per heavy atom. The fourth-order valence-corrected chi connectivity index (χ4v) is 11.5. The molecular weight excluding hydrogens is 904 g/mol. The summed E-state index contributed by atoms with van der Waals surface area (Å²) < 4.78 is 35.4. The molecule has 1 saturated heterocycles. The summed E-state index contributed by atoms with van der Waals surface area (Å²) in [6.07, 6.45) is 9.44. The number of imidazole rings is 1. The van der Waals surface area contributed by atoms with Crippen LogP contribution in [0.25, 0.3) is 28.1 Å². The maximum absolute atomic E-state index is 15.6. The summed E-state index contributed by atoms with van der Waals surface area (Å²) in [6.45, 7) is 13.2. The molecule has 4 atom stereocenters. The summed E-state index contributed by atoms with van der Waals surface area (Å²) in [6, 6.07) is 17.2. The van der Waals surface area contributed by atoms with Gasteiger partial charge in [0.1, 0.15) is 17.1 Å². The smallest absolute Gasteiger partial charge is 0.376 e. The summed E-state index contributed by atoms with van der Waals surface area (Å²) in [5.41, 5.74) is 6.85. The number of hydrogen-bond donors (Lipinski definition) is 1. The van der Waals surface area contributed by atoms with E-state index in [0.29, 0.717) is 65.4 Å². The molecule has 7 aromatic rings. The first-order valence-electron chi connectivity index (χ1n) is 23.0. The SMILES string of the molecule is Cc1cc(-n2nc3c(c2-n2ccn(-c4ccc(N=S(C)(C)=O)c(N(C)C)c4)c2=O)[C@H](C)N(C(=O)c2cc4cc([C@H]5CCOC(C)(C)C5)ccc4n2[C@@]2(c4noc(=O)[nH]4)C[C@@H]2C)CC3)cc(C)c1Cl. The zero-order chi connectivity index (χ0) is 48.4. The highest BCUT2D eigenvalue weighted by Crippen LogP contribution is 2.56. The van der Waals surface area contributed by atoms with E-state index in [9.17, 15) is 13.8 Å². The number of rotatable bonds is 9. The molecule has 2 aliphatic heterocycles. The molecule has 6 heterocycles. The quantitative estimate of drug-likeness (QED) is 0.149. The van der Waals surface area contributed by atoms with Gasteiger partial charge < -0.3 is 19.1 Å². The van der Waals surface area contributed by atoms with Crippen LogP contribution in [0.1, 0.15) is 103 Å². The molecule has 1 amide bonds. The van der Waals surface area contributed by atoms with Gasteiger partial charge in [0.2, 0.25) is 0 Å². The van der Waals surface area contributed by atoms with Gasteiger partial charge in [0.15, 0.2) is 5.82 Å². The summed E-state index contributed by atoms with van der Waals surface area (Å²) in [7, 11) is 1.29. The largest absolute Gasteiger partial charge is 0.438 e. The highest BCUT2D eigenvalue weighted by molar-refractivity contribution is 7.92. The van der Waals surface area contributed by atoms with Gasteiger partial charge in [-0.15, -0.1) is 0 Å². The number of amides is 1. The molecule has 0 bridgehead atoms. The third kappa shape index (κ3) is 7.62. The Morgan fingerprint density at radius 2 is 1.69 bits per heavy atom. The third-order valence-electron chi connectivity index (χ3n) is 14.2. The van der Waals surface area contributed by atoms with Crippen molar-refractivity contribution < 1.29 is 18.3 Å². The number of aryl methyl sites for hydroxylation is 2. The van der Waals surface area contributed by atoms with Crippen molar-refractivity contribution in [2.24, 2.45) is 10.3 Å². The number of ether oxygens (including phenoxy) is 1. The van der Waals surface area contributed by atoms with Gasteiger partial charge in [-0.2, -0.15) is 9.46 Å². The molecule has 1 saturated carbocycles. The van der Waals surface area contributed by atoms with Crippen LogP contribution in [0.5, 0.6) is 0 Å². The van der Waals surface area contributed by atoms with Crippen LogP contribution in [-0.2, 0) is 26.4 Å². The molecule has 1 aliphatic carbocycles. The third-order valence-corrected chi connectivity index (χ3v) is 15.4. The number of fused-ring (bicyclic) bond motifs is 2. The number of nitrogens with zero attached hydrogens (tertiary/aromatic N) is 9. The summed E-state index contributed by atoms with van der Waals surface area (Å²) in [5.74, 6) is 0.336. The Morgan fingerprint density at radius 3 is 2.34 bits per heavy atom. The fourth-order valence-electron chi connectivity index (χ4n) is 10.8. The van der Waals surface area contributed by atoms with Gasteiger partial charge in [0, 0.05) is 89.8 Å². The Kier molecular flexibility index (Phi) is 10.9. The van der Waals surface area contributed by atoms with Gasteiger partial charge in [-0.25, -0.2) is 18.5 Å². The molecule has 356 valence electrons. The van der Waals surface area contributed by atoms with E-state index < -0.39 is 27.1 Å². The zero-order valence-electron chi connectivity index (χ0n) is 40.1. The van der Waals surface area contributed by atoms with Crippen molar-refractivity contribution in [3.05, 3.63) is 133 Å². The second-order valence-electron chi connectivity index (χ2n) is 20.0. The summed E-state index contributed by atoms with van der Waals surface area (Å²) in [4.78, 5) is 49.6. The fraction of sp³-hybridized carbons (Fsp3) is 0.420. The van der Waals surface area contributed by atoms with Crippen molar-refractivity contribution >= 4 is 49.5 Å². The normalized spacial score (nSPS) is 21.3. The maximum Gasteiger partial charge on any atom is 0.438 e. The predicted molar refractivity (Wildman–Crippen MR) is 264 cm³/mol. The first-order chi connectivity index (χ1) is 32.2. The van der Waals surface area contributed by atoms with Crippen LogP contribution >= 0.6 is 11.6 Å². The standard InChI is InChI=1S/C50H57ClN10O6S/c1-28-21-36(22-29(2)43(28)51)61-44(59-19-18-58(48(59)64)35-12-13-37(55-68(9,10)65)40(25-35)56(7)8)42-31(4)57(17-15-38(42)53-61)45(62)41-24-34-23-32(33-16-20-66-49(5,6)27-33)11-14-39(34)60(41)50(26-30(50)3)46-52-47(63)67-54-46/h11-14,18-19,21-25,30-31,33H,15-17,20,26-27H2,1-10H3,(H,52,54,63)/t30-,31-,33-,50-/m0/s1. The lowest BCUT2D eigenvalue weighted by Crippen LogP contribution is -2.41. The van der Waals surface area contributed by atoms with Gasteiger partial charge in [0.25, 0.3) is 5.91 Å². The minimum Gasteiger partial charge on any atom is -0.376 e. The van der Waals surface area contributed by atoms with E-state index in [1.807, 2.05) is 68.9 Å². The van der Waals surface area contributed by atoms with Gasteiger partial charge in [-0.05, 0) is 131 Å². The molecule has 0 unspecified atom stereocenters. The zero-order valence-corrected chi connectivity index (χ0v) is 41.7. The molecule has 3 aromatic carbocycles. The highest BCUT2D eigenvalue weighted by Gasteiger charge is 2.59. The molecule has 4 aromatic heterocycles. The Labute approximate surface area is 399 Å². The van der Waals surface area contributed by atoms with Crippen LogP contribution in [0.4, 0.5) is 11.4 Å². The van der Waals surface area contributed by atoms with Crippen LogP contribution in [0, 0.1) is 19.8 Å². The Bertz CT molecular complexity index is 3420. The van der Waals surface area contributed by atoms with Crippen molar-refractivity contribution in [3.8, 4) is 17.2 Å². The molecule has 1 N–H and O–H groups in total. The maximum atomic E-state index is 15.6. The molecule has 10 rings (SSSR count). The van der Waals surface area contributed by atoms with Crippen molar-refractivity contribution in [3.63, 3.8) is 0 Å². The molecule has 16 nitrogen and oxygen atoms in total. The highest BCUT2D eigenvalue weighted by atomic mass is 35.5. The minimum absolute atomic E-state index is 0.0258.